The number of hydrogen-bond acceptors (Lipinski definition) is 5. The minimum Gasteiger partial charge on any atom is -0.497 e. The van der Waals surface area contributed by atoms with Crippen LogP contribution in [0.15, 0.2) is 24.3 Å². The molecule has 3 atom stereocenters. The average Bonchev–Trinajstić information content (AvgIpc) is 3.24. The van der Waals surface area contributed by atoms with Gasteiger partial charge in [-0.25, -0.2) is 4.79 Å². The number of nitrogens with one attached hydrogen (secondary N) is 1. The van der Waals surface area contributed by atoms with E-state index in [9.17, 15) is 14.4 Å². The van der Waals surface area contributed by atoms with Gasteiger partial charge in [-0.3, -0.25) is 9.59 Å². The van der Waals surface area contributed by atoms with Crippen molar-refractivity contribution in [3.63, 3.8) is 0 Å². The summed E-state index contributed by atoms with van der Waals surface area (Å²) in [5.41, 5.74) is 1.04. The van der Waals surface area contributed by atoms with Gasteiger partial charge in [-0.15, -0.1) is 0 Å². The van der Waals surface area contributed by atoms with Crippen LogP contribution in [0, 0.1) is 11.8 Å². The molecule has 3 rings (SSSR count). The average molecular weight is 375 g/mol. The van der Waals surface area contributed by atoms with Crippen LogP contribution in [-0.2, 0) is 14.3 Å². The third kappa shape index (κ3) is 3.84. The number of amides is 3. The lowest BCUT2D eigenvalue weighted by atomic mass is 9.89. The number of likely N-dealkylation sites (tertiary alicyclic amines) is 2. The molecule has 0 aliphatic carbocycles. The molecule has 2 aliphatic heterocycles. The Morgan fingerprint density at radius 2 is 1.81 bits per heavy atom. The highest BCUT2D eigenvalue weighted by molar-refractivity contribution is 5.81. The first-order valence-electron chi connectivity index (χ1n) is 8.95. The van der Waals surface area contributed by atoms with Crippen LogP contribution >= 0.6 is 0 Å². The van der Waals surface area contributed by atoms with Crippen molar-refractivity contribution in [1.82, 2.24) is 15.1 Å². The van der Waals surface area contributed by atoms with Gasteiger partial charge in [0.2, 0.25) is 5.91 Å². The van der Waals surface area contributed by atoms with Gasteiger partial charge in [0.15, 0.2) is 0 Å². The summed E-state index contributed by atoms with van der Waals surface area (Å²) in [6.07, 6.45) is 0. The Morgan fingerprint density at radius 3 is 2.41 bits per heavy atom. The van der Waals surface area contributed by atoms with E-state index in [1.54, 1.807) is 18.9 Å². The Bertz CT molecular complexity index is 721. The van der Waals surface area contributed by atoms with Gasteiger partial charge in [0.1, 0.15) is 12.3 Å². The molecule has 0 unspecified atom stereocenters. The Balaban J connectivity index is 1.74. The number of esters is 1. The first kappa shape index (κ1) is 19.0. The third-order valence-corrected chi connectivity index (χ3v) is 5.42. The molecule has 2 fully saturated rings. The molecule has 0 bridgehead atoms. The summed E-state index contributed by atoms with van der Waals surface area (Å²) >= 11 is 0. The number of urea groups is 1. The van der Waals surface area contributed by atoms with E-state index < -0.39 is 5.97 Å². The van der Waals surface area contributed by atoms with Crippen molar-refractivity contribution in [2.45, 2.75) is 13.0 Å². The van der Waals surface area contributed by atoms with Gasteiger partial charge >= 0.3 is 12.0 Å². The maximum Gasteiger partial charge on any atom is 0.325 e. The second-order valence-corrected chi connectivity index (χ2v) is 6.95. The third-order valence-electron chi connectivity index (χ3n) is 5.42. The maximum absolute atomic E-state index is 12.3. The highest BCUT2D eigenvalue weighted by Gasteiger charge is 2.49. The van der Waals surface area contributed by atoms with Gasteiger partial charge in [-0.05, 0) is 17.7 Å². The lowest BCUT2D eigenvalue weighted by molar-refractivity contribution is -0.139. The van der Waals surface area contributed by atoms with Gasteiger partial charge in [-0.1, -0.05) is 12.1 Å². The van der Waals surface area contributed by atoms with Crippen LogP contribution in [0.5, 0.6) is 5.75 Å². The Hall–Kier alpha value is -2.77. The topological polar surface area (TPSA) is 88.2 Å². The minimum atomic E-state index is -0.485. The molecule has 2 heterocycles. The number of benzene rings is 1. The number of nitrogens with zero attached hydrogens (tertiary/aromatic N) is 2. The highest BCUT2D eigenvalue weighted by atomic mass is 16.5. The first-order valence-corrected chi connectivity index (χ1v) is 8.95. The normalized spacial score (nSPS) is 23.7. The monoisotopic (exact) mass is 375 g/mol. The summed E-state index contributed by atoms with van der Waals surface area (Å²) in [7, 11) is 2.90. The lowest BCUT2D eigenvalue weighted by Crippen LogP contribution is -2.43. The van der Waals surface area contributed by atoms with Crippen molar-refractivity contribution in [1.29, 1.82) is 0 Å². The Labute approximate surface area is 158 Å². The number of carbonyl (C=O) groups excluding carboxylic acids is 3. The van der Waals surface area contributed by atoms with Gasteiger partial charge in [0, 0.05) is 38.4 Å². The van der Waals surface area contributed by atoms with Crippen LogP contribution in [0.2, 0.25) is 0 Å². The minimum absolute atomic E-state index is 0.0342. The summed E-state index contributed by atoms with van der Waals surface area (Å²) in [6, 6.07) is 7.37. The highest BCUT2D eigenvalue weighted by Crippen LogP contribution is 2.45. The van der Waals surface area contributed by atoms with Gasteiger partial charge in [0.05, 0.1) is 20.3 Å². The molecule has 0 saturated carbocycles. The quantitative estimate of drug-likeness (QED) is 0.794. The molecule has 27 heavy (non-hydrogen) atoms. The SMILES string of the molecule is COC(=O)CNC(=O)N1C[C@@H]2CN(C(C)=O)[C@@H](c3ccc(OC)cc3)[C@@H]2C1. The molecule has 2 aliphatic rings. The summed E-state index contributed by atoms with van der Waals surface area (Å²) in [6.45, 7) is 3.16. The van der Waals surface area contributed by atoms with Crippen molar-refractivity contribution in [3.8, 4) is 5.75 Å². The number of rotatable bonds is 4. The van der Waals surface area contributed by atoms with Crippen LogP contribution in [-0.4, -0.2) is 68.1 Å². The van der Waals surface area contributed by atoms with Crippen molar-refractivity contribution in [2.24, 2.45) is 11.8 Å². The smallest absolute Gasteiger partial charge is 0.325 e. The zero-order valence-corrected chi connectivity index (χ0v) is 15.8. The van der Waals surface area contributed by atoms with E-state index >= 15 is 0 Å². The molecule has 0 spiro atoms. The Kier molecular flexibility index (Phi) is 5.53. The molecule has 8 nitrogen and oxygen atoms in total. The number of hydrogen-bond donors (Lipinski definition) is 1. The van der Waals surface area contributed by atoms with Crippen molar-refractivity contribution >= 4 is 17.9 Å². The van der Waals surface area contributed by atoms with Crippen LogP contribution in [0.4, 0.5) is 4.79 Å². The van der Waals surface area contributed by atoms with E-state index in [4.69, 9.17) is 4.74 Å². The standard InChI is InChI=1S/C19H25N3O5/c1-12(23)22-10-14-9-21(19(25)20-8-17(24)27-3)11-16(14)18(22)13-4-6-15(26-2)7-5-13/h4-7,14,16,18H,8-11H2,1-3H3,(H,20,25)/t14-,16-,18+/m1/s1. The second kappa shape index (κ2) is 7.85. The zero-order valence-electron chi connectivity index (χ0n) is 15.8. The largest absolute Gasteiger partial charge is 0.497 e. The summed E-state index contributed by atoms with van der Waals surface area (Å²) in [4.78, 5) is 39.3. The molecular weight excluding hydrogens is 350 g/mol. The molecule has 0 aromatic heterocycles. The fourth-order valence-electron chi connectivity index (χ4n) is 4.09. The van der Waals surface area contributed by atoms with E-state index in [1.807, 2.05) is 29.2 Å². The van der Waals surface area contributed by atoms with E-state index in [1.165, 1.54) is 7.11 Å². The van der Waals surface area contributed by atoms with Gasteiger partial charge < -0.3 is 24.6 Å². The van der Waals surface area contributed by atoms with Crippen molar-refractivity contribution in [3.05, 3.63) is 29.8 Å². The molecular formula is C19H25N3O5. The molecule has 8 heteroatoms. The van der Waals surface area contributed by atoms with Crippen LogP contribution in [0.1, 0.15) is 18.5 Å². The summed E-state index contributed by atoms with van der Waals surface area (Å²) in [5.74, 6) is 0.683. The zero-order chi connectivity index (χ0) is 19.6. The van der Waals surface area contributed by atoms with E-state index in [0.29, 0.717) is 19.6 Å². The summed E-state index contributed by atoms with van der Waals surface area (Å²) in [5, 5.41) is 2.58. The van der Waals surface area contributed by atoms with Crippen LogP contribution in [0.25, 0.3) is 0 Å². The first-order chi connectivity index (χ1) is 12.9. The Morgan fingerprint density at radius 1 is 1.11 bits per heavy atom. The fraction of sp³-hybridized carbons (Fsp3) is 0.526. The van der Waals surface area contributed by atoms with E-state index in [0.717, 1.165) is 11.3 Å². The van der Waals surface area contributed by atoms with Crippen LogP contribution < -0.4 is 10.1 Å². The van der Waals surface area contributed by atoms with Gasteiger partial charge in [-0.2, -0.15) is 0 Å². The predicted molar refractivity (Wildman–Crippen MR) is 97.1 cm³/mol. The molecule has 1 N–H and O–H groups in total. The van der Waals surface area contributed by atoms with Crippen molar-refractivity contribution in [2.75, 3.05) is 40.4 Å². The number of carbonyl (C=O) groups is 3. The van der Waals surface area contributed by atoms with Crippen LogP contribution in [0.3, 0.4) is 0 Å². The number of methoxy groups -OCH3 is 2. The molecule has 146 valence electrons. The van der Waals surface area contributed by atoms with E-state index in [2.05, 4.69) is 10.1 Å². The molecule has 3 amide bonds. The number of fused-ring (bicyclic) bond motifs is 1. The molecule has 2 saturated heterocycles. The van der Waals surface area contributed by atoms with Gasteiger partial charge in [0.25, 0.3) is 0 Å². The van der Waals surface area contributed by atoms with E-state index in [-0.39, 0.29) is 36.4 Å². The maximum atomic E-state index is 12.3. The lowest BCUT2D eigenvalue weighted by Gasteiger charge is -2.29. The number of ether oxygens (including phenoxy) is 2. The molecule has 1 aromatic carbocycles. The predicted octanol–water partition coefficient (Wildman–Crippen LogP) is 1.03. The molecule has 0 radical (unpaired) electrons. The summed E-state index contributed by atoms with van der Waals surface area (Å²) < 4.78 is 9.76. The fourth-order valence-corrected chi connectivity index (χ4v) is 4.09. The van der Waals surface area contributed by atoms with Crippen molar-refractivity contribution < 1.29 is 23.9 Å². The second-order valence-electron chi connectivity index (χ2n) is 6.95. The molecule has 1 aromatic rings.